The Bertz CT molecular complexity index is 836. The van der Waals surface area contributed by atoms with Crippen LogP contribution in [0.15, 0.2) is 72.8 Å². The fourth-order valence-electron chi connectivity index (χ4n) is 2.60. The number of carbonyl (C=O) groups excluding carboxylic acids is 1. The summed E-state index contributed by atoms with van der Waals surface area (Å²) in [5.41, 5.74) is 11.3. The molecular weight excluding hydrogens is 296 g/mol. The number of hydrogen-bond donors (Lipinski definition) is 2. The van der Waals surface area contributed by atoms with Gasteiger partial charge in [0.25, 0.3) is 5.91 Å². The quantitative estimate of drug-likeness (QED) is 0.700. The third kappa shape index (κ3) is 3.82. The van der Waals surface area contributed by atoms with E-state index in [4.69, 9.17) is 5.73 Å². The summed E-state index contributed by atoms with van der Waals surface area (Å²) in [4.78, 5) is 12.3. The molecule has 3 N–H and O–H groups in total. The zero-order valence-corrected chi connectivity index (χ0v) is 13.6. The van der Waals surface area contributed by atoms with Gasteiger partial charge in [-0.15, -0.1) is 0 Å². The first kappa shape index (κ1) is 15.8. The number of nitrogens with one attached hydrogen (secondary N) is 1. The molecule has 0 fully saturated rings. The van der Waals surface area contributed by atoms with Gasteiger partial charge in [-0.25, -0.2) is 0 Å². The molecule has 120 valence electrons. The van der Waals surface area contributed by atoms with E-state index in [1.165, 1.54) is 11.1 Å². The molecule has 0 saturated carbocycles. The number of benzene rings is 3. The summed E-state index contributed by atoms with van der Waals surface area (Å²) >= 11 is 0. The number of amides is 1. The molecule has 0 saturated heterocycles. The molecule has 0 aliphatic rings. The van der Waals surface area contributed by atoms with Gasteiger partial charge in [-0.05, 0) is 60.4 Å². The number of anilines is 2. The number of nitrogens with two attached hydrogens (primary N) is 1. The second-order valence-corrected chi connectivity index (χ2v) is 5.88. The number of carbonyl (C=O) groups is 1. The van der Waals surface area contributed by atoms with Gasteiger partial charge in [-0.2, -0.15) is 0 Å². The zero-order chi connectivity index (χ0) is 16.9. The van der Waals surface area contributed by atoms with Crippen LogP contribution in [0.2, 0.25) is 0 Å². The molecule has 24 heavy (non-hydrogen) atoms. The van der Waals surface area contributed by atoms with Gasteiger partial charge >= 0.3 is 0 Å². The van der Waals surface area contributed by atoms with Gasteiger partial charge in [-0.3, -0.25) is 4.79 Å². The lowest BCUT2D eigenvalue weighted by molar-refractivity contribution is 0.102. The highest BCUT2D eigenvalue weighted by atomic mass is 16.1. The number of aryl methyl sites for hydroxylation is 1. The van der Waals surface area contributed by atoms with Crippen molar-refractivity contribution >= 4 is 17.3 Å². The molecule has 0 radical (unpaired) electrons. The molecule has 0 heterocycles. The van der Waals surface area contributed by atoms with E-state index in [0.29, 0.717) is 5.56 Å². The Morgan fingerprint density at radius 2 is 1.46 bits per heavy atom. The van der Waals surface area contributed by atoms with Gasteiger partial charge in [0.15, 0.2) is 0 Å². The normalized spacial score (nSPS) is 10.4. The average molecular weight is 316 g/mol. The molecule has 0 aliphatic carbocycles. The van der Waals surface area contributed by atoms with E-state index in [1.807, 2.05) is 79.7 Å². The van der Waals surface area contributed by atoms with Crippen LogP contribution in [0.3, 0.4) is 0 Å². The van der Waals surface area contributed by atoms with Gasteiger partial charge in [0, 0.05) is 16.9 Å². The highest BCUT2D eigenvalue weighted by Crippen LogP contribution is 2.16. The van der Waals surface area contributed by atoms with E-state index < -0.39 is 0 Å². The summed E-state index contributed by atoms with van der Waals surface area (Å²) in [5, 5.41) is 2.94. The van der Waals surface area contributed by atoms with Crippen LogP contribution in [0, 0.1) is 6.92 Å². The molecule has 3 nitrogen and oxygen atoms in total. The molecule has 0 aromatic heterocycles. The number of rotatable bonds is 4. The molecule has 3 aromatic carbocycles. The van der Waals surface area contributed by atoms with Crippen LogP contribution in [0.25, 0.3) is 0 Å². The summed E-state index contributed by atoms with van der Waals surface area (Å²) in [5.74, 6) is -0.0839. The summed E-state index contributed by atoms with van der Waals surface area (Å²) in [7, 11) is 0. The summed E-state index contributed by atoms with van der Waals surface area (Å²) < 4.78 is 0. The lowest BCUT2D eigenvalue weighted by atomic mass is 10.0. The minimum Gasteiger partial charge on any atom is -0.399 e. The predicted molar refractivity (Wildman–Crippen MR) is 99.2 cm³/mol. The molecule has 0 unspecified atom stereocenters. The zero-order valence-electron chi connectivity index (χ0n) is 13.6. The molecule has 0 atom stereocenters. The van der Waals surface area contributed by atoms with Gasteiger partial charge in [0.1, 0.15) is 0 Å². The van der Waals surface area contributed by atoms with Crippen molar-refractivity contribution in [1.82, 2.24) is 0 Å². The van der Waals surface area contributed by atoms with Gasteiger partial charge < -0.3 is 11.1 Å². The lowest BCUT2D eigenvalue weighted by Gasteiger charge is -2.09. The summed E-state index contributed by atoms with van der Waals surface area (Å²) in [6, 6.07) is 23.4. The lowest BCUT2D eigenvalue weighted by Crippen LogP contribution is -2.13. The second kappa shape index (κ2) is 7.01. The van der Waals surface area contributed by atoms with Gasteiger partial charge in [-0.1, -0.05) is 42.5 Å². The highest BCUT2D eigenvalue weighted by Gasteiger charge is 2.08. The van der Waals surface area contributed by atoms with Crippen LogP contribution < -0.4 is 11.1 Å². The third-order valence-electron chi connectivity index (χ3n) is 3.99. The van der Waals surface area contributed by atoms with Crippen molar-refractivity contribution in [3.05, 3.63) is 95.1 Å². The molecule has 0 bridgehead atoms. The van der Waals surface area contributed by atoms with Crippen molar-refractivity contribution < 1.29 is 4.79 Å². The molecule has 3 heteroatoms. The van der Waals surface area contributed by atoms with Crippen LogP contribution in [-0.4, -0.2) is 5.91 Å². The smallest absolute Gasteiger partial charge is 0.255 e. The van der Waals surface area contributed by atoms with E-state index in [0.717, 1.165) is 23.4 Å². The number of nitrogen functional groups attached to an aromatic ring is 1. The Morgan fingerprint density at radius 1 is 0.875 bits per heavy atom. The Balaban J connectivity index is 1.67. The highest BCUT2D eigenvalue weighted by molar-refractivity contribution is 6.05. The molecule has 0 aliphatic heterocycles. The maximum Gasteiger partial charge on any atom is 0.255 e. The Morgan fingerprint density at radius 3 is 2.08 bits per heavy atom. The second-order valence-electron chi connectivity index (χ2n) is 5.88. The van der Waals surface area contributed by atoms with Crippen molar-refractivity contribution in [2.75, 3.05) is 11.1 Å². The Hall–Kier alpha value is -3.07. The van der Waals surface area contributed by atoms with E-state index in [9.17, 15) is 4.79 Å². The van der Waals surface area contributed by atoms with E-state index in [1.54, 1.807) is 0 Å². The molecule has 0 spiro atoms. The van der Waals surface area contributed by atoms with E-state index in [-0.39, 0.29) is 5.91 Å². The van der Waals surface area contributed by atoms with E-state index >= 15 is 0 Å². The van der Waals surface area contributed by atoms with Crippen molar-refractivity contribution in [3.8, 4) is 0 Å². The Kier molecular flexibility index (Phi) is 4.62. The molecule has 3 rings (SSSR count). The van der Waals surface area contributed by atoms with Crippen molar-refractivity contribution in [1.29, 1.82) is 0 Å². The van der Waals surface area contributed by atoms with Crippen LogP contribution >= 0.6 is 0 Å². The minimum atomic E-state index is -0.0839. The third-order valence-corrected chi connectivity index (χ3v) is 3.99. The molecule has 1 amide bonds. The van der Waals surface area contributed by atoms with Crippen molar-refractivity contribution in [2.24, 2.45) is 0 Å². The minimum absolute atomic E-state index is 0.0839. The first-order valence-corrected chi connectivity index (χ1v) is 7.92. The first-order valence-electron chi connectivity index (χ1n) is 7.92. The standard InChI is InChI=1S/C21H20N2O/c1-15-4-2-3-5-20(15)21(24)23-19-12-8-17(9-13-19)14-16-6-10-18(22)11-7-16/h2-13H,14,22H2,1H3,(H,23,24). The van der Waals surface area contributed by atoms with Gasteiger partial charge in [0.05, 0.1) is 0 Å². The topological polar surface area (TPSA) is 55.1 Å². The van der Waals surface area contributed by atoms with E-state index in [2.05, 4.69) is 5.32 Å². The maximum absolute atomic E-state index is 12.3. The van der Waals surface area contributed by atoms with Crippen molar-refractivity contribution in [3.63, 3.8) is 0 Å². The predicted octanol–water partition coefficient (Wildman–Crippen LogP) is 4.42. The van der Waals surface area contributed by atoms with Crippen LogP contribution in [0.4, 0.5) is 11.4 Å². The summed E-state index contributed by atoms with van der Waals surface area (Å²) in [6.07, 6.45) is 0.840. The summed E-state index contributed by atoms with van der Waals surface area (Å²) in [6.45, 7) is 1.94. The van der Waals surface area contributed by atoms with Crippen LogP contribution in [0.5, 0.6) is 0 Å². The Labute approximate surface area is 142 Å². The van der Waals surface area contributed by atoms with Crippen molar-refractivity contribution in [2.45, 2.75) is 13.3 Å². The van der Waals surface area contributed by atoms with Gasteiger partial charge in [0.2, 0.25) is 0 Å². The molecule has 3 aromatic rings. The maximum atomic E-state index is 12.3. The first-order chi connectivity index (χ1) is 11.6. The number of hydrogen-bond acceptors (Lipinski definition) is 2. The fraction of sp³-hybridized carbons (Fsp3) is 0.0952. The largest absolute Gasteiger partial charge is 0.399 e. The van der Waals surface area contributed by atoms with Crippen LogP contribution in [-0.2, 0) is 6.42 Å². The fourth-order valence-corrected chi connectivity index (χ4v) is 2.60. The SMILES string of the molecule is Cc1ccccc1C(=O)Nc1ccc(Cc2ccc(N)cc2)cc1. The molecular formula is C21H20N2O. The van der Waals surface area contributed by atoms with Crippen LogP contribution in [0.1, 0.15) is 27.0 Å². The monoisotopic (exact) mass is 316 g/mol. The average Bonchev–Trinajstić information content (AvgIpc) is 2.59.